The van der Waals surface area contributed by atoms with Crippen LogP contribution in [0, 0.1) is 11.8 Å². The second-order valence-corrected chi connectivity index (χ2v) is 6.28. The van der Waals surface area contributed by atoms with Crippen LogP contribution in [0.3, 0.4) is 0 Å². The van der Waals surface area contributed by atoms with Gasteiger partial charge in [0.15, 0.2) is 0 Å². The molecule has 3 rings (SSSR count). The first-order valence-electron chi connectivity index (χ1n) is 7.37. The van der Waals surface area contributed by atoms with Gasteiger partial charge in [-0.05, 0) is 36.3 Å². The topological polar surface area (TPSA) is 42.1 Å². The van der Waals surface area contributed by atoms with E-state index in [1.165, 1.54) is 32.1 Å². The number of hydrogen-bond donors (Lipinski definition) is 1. The first-order chi connectivity index (χ1) is 9.28. The third-order valence-corrected chi connectivity index (χ3v) is 5.10. The lowest BCUT2D eigenvalue weighted by Crippen LogP contribution is -2.42. The molecule has 3 nitrogen and oxygen atoms in total. The van der Waals surface area contributed by atoms with Crippen molar-refractivity contribution in [2.24, 2.45) is 17.6 Å². The fourth-order valence-electron chi connectivity index (χ4n) is 3.61. The summed E-state index contributed by atoms with van der Waals surface area (Å²) in [6.45, 7) is 2.76. The predicted octanol–water partition coefficient (Wildman–Crippen LogP) is 3.21. The molecule has 2 heterocycles. The fourth-order valence-corrected chi connectivity index (χ4v) is 3.79. The predicted molar refractivity (Wildman–Crippen MR) is 79.4 cm³/mol. The van der Waals surface area contributed by atoms with Crippen LogP contribution in [0.25, 0.3) is 0 Å². The van der Waals surface area contributed by atoms with Crippen LogP contribution >= 0.6 is 11.6 Å². The molecule has 2 atom stereocenters. The zero-order valence-electron chi connectivity index (χ0n) is 11.3. The van der Waals surface area contributed by atoms with Crippen molar-refractivity contribution in [2.45, 2.75) is 38.6 Å². The summed E-state index contributed by atoms with van der Waals surface area (Å²) in [7, 11) is 0. The quantitative estimate of drug-likeness (QED) is 0.904. The minimum Gasteiger partial charge on any atom is -0.356 e. The summed E-state index contributed by atoms with van der Waals surface area (Å²) in [5, 5.41) is 0.679. The molecule has 1 aliphatic carbocycles. The zero-order chi connectivity index (χ0) is 13.2. The van der Waals surface area contributed by atoms with Crippen molar-refractivity contribution in [2.75, 3.05) is 18.0 Å². The highest BCUT2D eigenvalue weighted by molar-refractivity contribution is 6.31. The normalized spacial score (nSPS) is 27.2. The molecule has 0 aromatic carbocycles. The van der Waals surface area contributed by atoms with Crippen LogP contribution in [0.4, 0.5) is 5.82 Å². The highest BCUT2D eigenvalue weighted by Crippen LogP contribution is 2.37. The Bertz CT molecular complexity index is 449. The molecule has 1 aromatic heterocycles. The number of pyridine rings is 1. The minimum absolute atomic E-state index is 0.480. The Morgan fingerprint density at radius 2 is 2.05 bits per heavy atom. The molecule has 1 aliphatic heterocycles. The second-order valence-electron chi connectivity index (χ2n) is 5.88. The Morgan fingerprint density at radius 1 is 1.26 bits per heavy atom. The van der Waals surface area contributed by atoms with Gasteiger partial charge in [0.25, 0.3) is 0 Å². The molecule has 19 heavy (non-hydrogen) atoms. The molecular formula is C15H22ClN3. The van der Waals surface area contributed by atoms with E-state index >= 15 is 0 Å². The van der Waals surface area contributed by atoms with E-state index in [2.05, 4.69) is 16.0 Å². The molecule has 0 bridgehead atoms. The number of nitrogens with zero attached hydrogens (tertiary/aromatic N) is 2. The summed E-state index contributed by atoms with van der Waals surface area (Å²) in [6.07, 6.45) is 8.70. The molecule has 2 unspecified atom stereocenters. The maximum Gasteiger partial charge on any atom is 0.128 e. The molecule has 4 heteroatoms. The summed E-state index contributed by atoms with van der Waals surface area (Å²) in [5.74, 6) is 2.86. The van der Waals surface area contributed by atoms with Gasteiger partial charge in [0, 0.05) is 25.8 Å². The Hall–Kier alpha value is -0.800. The van der Waals surface area contributed by atoms with Crippen LogP contribution < -0.4 is 10.6 Å². The average Bonchev–Trinajstić information content (AvgIpc) is 2.47. The zero-order valence-corrected chi connectivity index (χ0v) is 12.1. The molecule has 1 saturated carbocycles. The second kappa shape index (κ2) is 5.68. The Kier molecular flexibility index (Phi) is 3.94. The molecule has 2 fully saturated rings. The molecule has 1 saturated heterocycles. The number of hydrogen-bond acceptors (Lipinski definition) is 3. The molecule has 2 N–H and O–H groups in total. The third kappa shape index (κ3) is 2.72. The van der Waals surface area contributed by atoms with Crippen LogP contribution in [-0.2, 0) is 6.54 Å². The van der Waals surface area contributed by atoms with Gasteiger partial charge in [-0.15, -0.1) is 0 Å². The lowest BCUT2D eigenvalue weighted by Gasteiger charge is -2.41. The Labute approximate surface area is 120 Å². The summed E-state index contributed by atoms with van der Waals surface area (Å²) in [6, 6.07) is 2.06. The summed E-state index contributed by atoms with van der Waals surface area (Å²) in [4.78, 5) is 6.91. The third-order valence-electron chi connectivity index (χ3n) is 4.76. The lowest BCUT2D eigenvalue weighted by atomic mass is 9.75. The highest BCUT2D eigenvalue weighted by Gasteiger charge is 2.31. The van der Waals surface area contributed by atoms with Crippen LogP contribution in [0.2, 0.25) is 5.02 Å². The number of fused-ring (bicyclic) bond motifs is 1. The number of nitrogens with two attached hydrogens (primary N) is 1. The SMILES string of the molecule is NCc1cc(N2CCC3CCCCC3C2)ncc1Cl. The molecule has 0 radical (unpaired) electrons. The average molecular weight is 280 g/mol. The van der Waals surface area contributed by atoms with Gasteiger partial charge in [-0.1, -0.05) is 30.9 Å². The first kappa shape index (κ1) is 13.2. The summed E-state index contributed by atoms with van der Waals surface area (Å²) in [5.41, 5.74) is 6.72. The number of aromatic nitrogens is 1. The molecule has 2 aliphatic rings. The van der Waals surface area contributed by atoms with Gasteiger partial charge in [-0.25, -0.2) is 4.98 Å². The van der Waals surface area contributed by atoms with Crippen molar-refractivity contribution in [1.29, 1.82) is 0 Å². The van der Waals surface area contributed by atoms with Crippen molar-refractivity contribution >= 4 is 17.4 Å². The Balaban J connectivity index is 1.75. The van der Waals surface area contributed by atoms with E-state index in [0.29, 0.717) is 11.6 Å². The van der Waals surface area contributed by atoms with E-state index in [1.54, 1.807) is 6.20 Å². The highest BCUT2D eigenvalue weighted by atomic mass is 35.5. The van der Waals surface area contributed by atoms with E-state index in [4.69, 9.17) is 17.3 Å². The summed E-state index contributed by atoms with van der Waals surface area (Å²) < 4.78 is 0. The number of anilines is 1. The molecular weight excluding hydrogens is 258 g/mol. The van der Waals surface area contributed by atoms with Gasteiger partial charge in [-0.3, -0.25) is 0 Å². The van der Waals surface area contributed by atoms with Crippen LogP contribution in [0.5, 0.6) is 0 Å². The largest absolute Gasteiger partial charge is 0.356 e. The van der Waals surface area contributed by atoms with Gasteiger partial charge in [0.1, 0.15) is 5.82 Å². The maximum absolute atomic E-state index is 6.08. The van der Waals surface area contributed by atoms with Crippen molar-refractivity contribution in [1.82, 2.24) is 4.98 Å². The first-order valence-corrected chi connectivity index (χ1v) is 7.75. The fraction of sp³-hybridized carbons (Fsp3) is 0.667. The van der Waals surface area contributed by atoms with E-state index in [-0.39, 0.29) is 0 Å². The van der Waals surface area contributed by atoms with Crippen LogP contribution in [0.15, 0.2) is 12.3 Å². The van der Waals surface area contributed by atoms with Gasteiger partial charge in [0.2, 0.25) is 0 Å². The van der Waals surface area contributed by atoms with Crippen molar-refractivity contribution in [3.05, 3.63) is 22.8 Å². The minimum atomic E-state index is 0.480. The number of piperidine rings is 1. The van der Waals surface area contributed by atoms with Crippen LogP contribution in [-0.4, -0.2) is 18.1 Å². The van der Waals surface area contributed by atoms with E-state index in [0.717, 1.165) is 36.3 Å². The number of rotatable bonds is 2. The smallest absolute Gasteiger partial charge is 0.128 e. The Morgan fingerprint density at radius 3 is 2.84 bits per heavy atom. The van der Waals surface area contributed by atoms with Gasteiger partial charge in [0.05, 0.1) is 5.02 Å². The van der Waals surface area contributed by atoms with E-state index in [9.17, 15) is 0 Å². The monoisotopic (exact) mass is 279 g/mol. The van der Waals surface area contributed by atoms with E-state index in [1.807, 2.05) is 0 Å². The van der Waals surface area contributed by atoms with Crippen LogP contribution in [0.1, 0.15) is 37.7 Å². The van der Waals surface area contributed by atoms with Gasteiger partial charge in [-0.2, -0.15) is 0 Å². The van der Waals surface area contributed by atoms with Gasteiger partial charge >= 0.3 is 0 Å². The van der Waals surface area contributed by atoms with Gasteiger partial charge < -0.3 is 10.6 Å². The molecule has 0 spiro atoms. The molecule has 1 aromatic rings. The number of halogens is 1. The van der Waals surface area contributed by atoms with Crippen molar-refractivity contribution < 1.29 is 0 Å². The molecule has 104 valence electrons. The van der Waals surface area contributed by atoms with Crippen molar-refractivity contribution in [3.63, 3.8) is 0 Å². The maximum atomic E-state index is 6.08. The molecule has 0 amide bonds. The lowest BCUT2D eigenvalue weighted by molar-refractivity contribution is 0.202. The van der Waals surface area contributed by atoms with E-state index < -0.39 is 0 Å². The standard InChI is InChI=1S/C15H22ClN3/c16-14-9-18-15(7-13(14)8-17)19-6-5-11-3-1-2-4-12(11)10-19/h7,9,11-12H,1-6,8,10,17H2. The summed E-state index contributed by atoms with van der Waals surface area (Å²) >= 11 is 6.08. The van der Waals surface area contributed by atoms with Crippen molar-refractivity contribution in [3.8, 4) is 0 Å².